The summed E-state index contributed by atoms with van der Waals surface area (Å²) in [4.78, 5) is 42.0. The molecule has 0 aliphatic rings. The fraction of sp³-hybridized carbons (Fsp3) is 0.120. The molecule has 33 heavy (non-hydrogen) atoms. The predicted octanol–water partition coefficient (Wildman–Crippen LogP) is 5.03. The number of Topliss-reactive ketones (excluding diaryl/α,β-unsaturated/α-hetero) is 1. The average molecular weight is 478 g/mol. The number of hydrogen-bond donors (Lipinski definition) is 1. The van der Waals surface area contributed by atoms with E-state index in [2.05, 4.69) is 10.3 Å². The molecule has 0 bridgehead atoms. The molecule has 1 N–H and O–H groups in total. The van der Waals surface area contributed by atoms with Crippen LogP contribution < -0.4 is 10.9 Å². The van der Waals surface area contributed by atoms with Crippen molar-refractivity contribution in [2.24, 2.45) is 0 Å². The van der Waals surface area contributed by atoms with Gasteiger partial charge in [0.25, 0.3) is 5.56 Å². The van der Waals surface area contributed by atoms with Crippen LogP contribution in [0.2, 0.25) is 5.02 Å². The van der Waals surface area contributed by atoms with Gasteiger partial charge in [-0.1, -0.05) is 65.8 Å². The lowest BCUT2D eigenvalue weighted by Gasteiger charge is -2.14. The van der Waals surface area contributed by atoms with Gasteiger partial charge in [0.1, 0.15) is 0 Å². The van der Waals surface area contributed by atoms with Gasteiger partial charge < -0.3 is 5.32 Å². The average Bonchev–Trinajstić information content (AvgIpc) is 2.81. The maximum Gasteiger partial charge on any atom is 0.262 e. The Balaban J connectivity index is 1.60. The lowest BCUT2D eigenvalue weighted by atomic mass is 10.1. The first-order valence-electron chi connectivity index (χ1n) is 10.2. The Hall–Kier alpha value is -3.42. The summed E-state index contributed by atoms with van der Waals surface area (Å²) in [5, 5.41) is 4.26. The molecule has 0 unspecified atom stereocenters. The molecule has 0 fully saturated rings. The molecule has 1 heterocycles. The summed E-state index contributed by atoms with van der Waals surface area (Å²) in [5.74, 6) is -0.311. The van der Waals surface area contributed by atoms with Crippen molar-refractivity contribution in [2.75, 3.05) is 11.1 Å². The number of benzene rings is 3. The third kappa shape index (κ3) is 5.32. The summed E-state index contributed by atoms with van der Waals surface area (Å²) >= 11 is 7.49. The zero-order chi connectivity index (χ0) is 23.4. The van der Waals surface area contributed by atoms with Crippen LogP contribution in [0.3, 0.4) is 0 Å². The minimum absolute atomic E-state index is 0.0393. The third-order valence-electron chi connectivity index (χ3n) is 5.00. The summed E-state index contributed by atoms with van der Waals surface area (Å²) in [7, 11) is 0. The number of anilines is 1. The lowest BCUT2D eigenvalue weighted by Crippen LogP contribution is -2.25. The van der Waals surface area contributed by atoms with Crippen molar-refractivity contribution in [1.29, 1.82) is 0 Å². The Labute approximate surface area is 199 Å². The highest BCUT2D eigenvalue weighted by atomic mass is 35.5. The molecule has 166 valence electrons. The van der Waals surface area contributed by atoms with Crippen LogP contribution in [0.5, 0.6) is 0 Å². The number of fused-ring (bicyclic) bond motifs is 1. The van der Waals surface area contributed by atoms with Gasteiger partial charge in [-0.25, -0.2) is 4.98 Å². The van der Waals surface area contributed by atoms with Crippen LogP contribution in [-0.2, 0) is 11.3 Å². The molecule has 0 saturated heterocycles. The molecule has 3 aromatic carbocycles. The van der Waals surface area contributed by atoms with Gasteiger partial charge in [-0.15, -0.1) is 0 Å². The molecule has 4 aromatic rings. The third-order valence-corrected chi connectivity index (χ3v) is 6.34. The number of hydrogen-bond acceptors (Lipinski definition) is 5. The molecule has 0 aliphatic heterocycles. The van der Waals surface area contributed by atoms with Crippen molar-refractivity contribution in [3.8, 4) is 0 Å². The minimum Gasteiger partial charge on any atom is -0.325 e. The monoisotopic (exact) mass is 477 g/mol. The van der Waals surface area contributed by atoms with Gasteiger partial charge in [-0.3, -0.25) is 19.0 Å². The molecular weight excluding hydrogens is 458 g/mol. The van der Waals surface area contributed by atoms with Crippen LogP contribution in [-0.4, -0.2) is 27.0 Å². The van der Waals surface area contributed by atoms with E-state index in [9.17, 15) is 14.4 Å². The van der Waals surface area contributed by atoms with Crippen molar-refractivity contribution in [3.63, 3.8) is 0 Å². The van der Waals surface area contributed by atoms with E-state index in [1.807, 2.05) is 24.3 Å². The highest BCUT2D eigenvalue weighted by molar-refractivity contribution is 7.99. The van der Waals surface area contributed by atoms with E-state index >= 15 is 0 Å². The van der Waals surface area contributed by atoms with E-state index < -0.39 is 0 Å². The normalized spacial score (nSPS) is 10.8. The van der Waals surface area contributed by atoms with Crippen LogP contribution in [0.15, 0.2) is 82.7 Å². The molecule has 4 rings (SSSR count). The second kappa shape index (κ2) is 10.0. The Morgan fingerprint density at radius 3 is 2.58 bits per heavy atom. The van der Waals surface area contributed by atoms with Crippen LogP contribution in [0, 0.1) is 0 Å². The van der Waals surface area contributed by atoms with E-state index in [-0.39, 0.29) is 29.5 Å². The van der Waals surface area contributed by atoms with E-state index in [1.54, 1.807) is 48.5 Å². The lowest BCUT2D eigenvalue weighted by molar-refractivity contribution is -0.113. The number of para-hydroxylation sites is 1. The Bertz CT molecular complexity index is 1420. The Morgan fingerprint density at radius 2 is 1.79 bits per heavy atom. The number of carbonyl (C=O) groups excluding carboxylic acids is 2. The van der Waals surface area contributed by atoms with E-state index in [0.717, 1.165) is 5.56 Å². The van der Waals surface area contributed by atoms with Crippen molar-refractivity contribution in [2.45, 2.75) is 18.6 Å². The van der Waals surface area contributed by atoms with Crippen molar-refractivity contribution >= 4 is 51.6 Å². The fourth-order valence-electron chi connectivity index (χ4n) is 3.34. The number of nitrogens with zero attached hydrogens (tertiary/aromatic N) is 2. The molecule has 0 aliphatic carbocycles. The molecule has 0 radical (unpaired) electrons. The number of rotatable bonds is 7. The van der Waals surface area contributed by atoms with Crippen LogP contribution >= 0.6 is 23.4 Å². The first kappa shape index (κ1) is 22.8. The number of ketones is 1. The summed E-state index contributed by atoms with van der Waals surface area (Å²) in [6.45, 7) is 1.71. The van der Waals surface area contributed by atoms with Gasteiger partial charge in [-0.05, 0) is 42.8 Å². The van der Waals surface area contributed by atoms with Crippen molar-refractivity contribution in [1.82, 2.24) is 9.55 Å². The maximum atomic E-state index is 13.2. The predicted molar refractivity (Wildman–Crippen MR) is 132 cm³/mol. The largest absolute Gasteiger partial charge is 0.325 e. The zero-order valence-electron chi connectivity index (χ0n) is 17.7. The maximum absolute atomic E-state index is 13.2. The highest BCUT2D eigenvalue weighted by Crippen LogP contribution is 2.22. The van der Waals surface area contributed by atoms with Gasteiger partial charge in [0.05, 0.1) is 23.2 Å². The van der Waals surface area contributed by atoms with Gasteiger partial charge in [-0.2, -0.15) is 0 Å². The molecule has 0 atom stereocenters. The molecule has 0 saturated carbocycles. The number of halogens is 1. The minimum atomic E-state index is -0.271. The van der Waals surface area contributed by atoms with E-state index in [4.69, 9.17) is 11.6 Å². The highest BCUT2D eigenvalue weighted by Gasteiger charge is 2.15. The van der Waals surface area contributed by atoms with Gasteiger partial charge in [0, 0.05) is 16.3 Å². The van der Waals surface area contributed by atoms with Gasteiger partial charge in [0.15, 0.2) is 10.9 Å². The Morgan fingerprint density at radius 1 is 1.03 bits per heavy atom. The Kier molecular flexibility index (Phi) is 6.91. The SMILES string of the molecule is CC(=O)c1cccc(NC(=O)CSc2nc3ccccc3c(=O)n2Cc2ccccc2Cl)c1. The van der Waals surface area contributed by atoms with Crippen LogP contribution in [0.4, 0.5) is 5.69 Å². The second-order valence-electron chi connectivity index (χ2n) is 7.37. The molecule has 8 heteroatoms. The smallest absolute Gasteiger partial charge is 0.262 e. The number of nitrogens with one attached hydrogen (secondary N) is 1. The summed E-state index contributed by atoms with van der Waals surface area (Å²) < 4.78 is 1.54. The number of aromatic nitrogens is 2. The van der Waals surface area contributed by atoms with E-state index in [0.29, 0.717) is 32.3 Å². The van der Waals surface area contributed by atoms with Crippen LogP contribution in [0.1, 0.15) is 22.8 Å². The van der Waals surface area contributed by atoms with Gasteiger partial charge >= 0.3 is 0 Å². The number of carbonyl (C=O) groups is 2. The molecule has 0 spiro atoms. The van der Waals surface area contributed by atoms with Gasteiger partial charge in [0.2, 0.25) is 5.91 Å². The van der Waals surface area contributed by atoms with E-state index in [1.165, 1.54) is 23.3 Å². The number of amides is 1. The first-order valence-corrected chi connectivity index (χ1v) is 11.6. The van der Waals surface area contributed by atoms with Crippen molar-refractivity contribution in [3.05, 3.63) is 99.3 Å². The zero-order valence-corrected chi connectivity index (χ0v) is 19.3. The summed E-state index contributed by atoms with van der Waals surface area (Å²) in [6.07, 6.45) is 0. The number of thioether (sulfide) groups is 1. The second-order valence-corrected chi connectivity index (χ2v) is 8.72. The quantitative estimate of drug-likeness (QED) is 0.229. The first-order chi connectivity index (χ1) is 15.9. The standard InChI is InChI=1S/C25H20ClN3O3S/c1-16(30)17-8-6-9-19(13-17)27-23(31)15-33-25-28-22-12-5-3-10-20(22)24(32)29(25)14-18-7-2-4-11-21(18)26/h2-13H,14-15H2,1H3,(H,27,31). The topological polar surface area (TPSA) is 81.1 Å². The van der Waals surface area contributed by atoms with Crippen molar-refractivity contribution < 1.29 is 9.59 Å². The molecule has 1 amide bonds. The van der Waals surface area contributed by atoms with Crippen LogP contribution in [0.25, 0.3) is 10.9 Å². The summed E-state index contributed by atoms with van der Waals surface area (Å²) in [6, 6.07) is 21.2. The summed E-state index contributed by atoms with van der Waals surface area (Å²) in [5.41, 5.74) is 2.21. The molecule has 6 nitrogen and oxygen atoms in total. The molecule has 1 aromatic heterocycles. The molecular formula is C25H20ClN3O3S. The fourth-order valence-corrected chi connectivity index (χ4v) is 4.33.